The lowest BCUT2D eigenvalue weighted by Crippen LogP contribution is -2.66. The number of carbonyl (C=O) groups excluding carboxylic acids is 1. The van der Waals surface area contributed by atoms with Gasteiger partial charge in [-0.3, -0.25) is 4.79 Å². The van der Waals surface area contributed by atoms with Crippen LogP contribution in [0.15, 0.2) is 152 Å². The molecule has 3 fully saturated rings. The predicted octanol–water partition coefficient (Wildman–Crippen LogP) is 14.6. The first-order valence-electron chi connectivity index (χ1n) is 30.4. The van der Waals surface area contributed by atoms with Crippen molar-refractivity contribution in [2.24, 2.45) is 5.41 Å². The molecule has 4 aromatic rings. The summed E-state index contributed by atoms with van der Waals surface area (Å²) >= 11 is 0. The Bertz CT molecular complexity index is 2640. The zero-order chi connectivity index (χ0) is 60.1. The van der Waals surface area contributed by atoms with Gasteiger partial charge in [-0.15, -0.1) is 0 Å². The molecular weight excluding hydrogens is 1070 g/mol. The van der Waals surface area contributed by atoms with E-state index in [-0.39, 0.29) is 71.5 Å². The van der Waals surface area contributed by atoms with E-state index in [0.717, 1.165) is 41.7 Å². The molecular formula is C70H100O11Si2. The smallest absolute Gasteiger partial charge is 0.261 e. The first-order chi connectivity index (χ1) is 39.4. The molecule has 0 radical (unpaired) electrons. The van der Waals surface area contributed by atoms with Crippen LogP contribution in [-0.2, 0) is 60.0 Å². The Morgan fingerprint density at radius 3 is 1.86 bits per heavy atom. The van der Waals surface area contributed by atoms with E-state index in [0.29, 0.717) is 64.8 Å². The van der Waals surface area contributed by atoms with Gasteiger partial charge in [0.25, 0.3) is 8.32 Å². The predicted molar refractivity (Wildman–Crippen MR) is 338 cm³/mol. The highest BCUT2D eigenvalue weighted by Crippen LogP contribution is 2.46. The van der Waals surface area contributed by atoms with Crippen molar-refractivity contribution in [2.75, 3.05) is 27.6 Å². The molecule has 0 spiro atoms. The van der Waals surface area contributed by atoms with Crippen molar-refractivity contribution in [2.45, 2.75) is 218 Å². The molecule has 0 bridgehead atoms. The maximum atomic E-state index is 14.2. The highest BCUT2D eigenvalue weighted by Gasteiger charge is 2.56. The van der Waals surface area contributed by atoms with Crippen molar-refractivity contribution in [1.29, 1.82) is 0 Å². The molecule has 3 aliphatic rings. The van der Waals surface area contributed by atoms with Gasteiger partial charge in [0.15, 0.2) is 14.1 Å². The van der Waals surface area contributed by atoms with Gasteiger partial charge in [0, 0.05) is 44.8 Å². The highest BCUT2D eigenvalue weighted by atomic mass is 28.4. The number of ether oxygens (including phenoxy) is 8. The molecule has 83 heavy (non-hydrogen) atoms. The van der Waals surface area contributed by atoms with Crippen molar-refractivity contribution in [3.8, 4) is 5.75 Å². The Morgan fingerprint density at radius 1 is 0.687 bits per heavy atom. The normalized spacial score (nSPS) is 23.5. The van der Waals surface area contributed by atoms with Gasteiger partial charge in [0.1, 0.15) is 12.5 Å². The van der Waals surface area contributed by atoms with E-state index < -0.39 is 27.8 Å². The summed E-state index contributed by atoms with van der Waals surface area (Å²) in [5.74, 6) is -0.800. The second kappa shape index (κ2) is 29.4. The number of Topliss-reactive ketones (excluding diaryl/α,β-unsaturated/α-hetero) is 1. The van der Waals surface area contributed by atoms with Gasteiger partial charge < -0.3 is 46.7 Å². The van der Waals surface area contributed by atoms with E-state index in [1.165, 1.54) is 15.9 Å². The molecule has 0 amide bonds. The van der Waals surface area contributed by atoms with Crippen LogP contribution in [0, 0.1) is 5.41 Å². The summed E-state index contributed by atoms with van der Waals surface area (Å²) in [5.41, 5.74) is 3.58. The Kier molecular flexibility index (Phi) is 23.4. The zero-order valence-electron chi connectivity index (χ0n) is 52.5. The molecule has 9 atom stereocenters. The van der Waals surface area contributed by atoms with Gasteiger partial charge in [-0.1, -0.05) is 195 Å². The lowest BCUT2D eigenvalue weighted by molar-refractivity contribution is -0.285. The molecule has 13 heteroatoms. The summed E-state index contributed by atoms with van der Waals surface area (Å²) in [4.78, 5) is 14.2. The summed E-state index contributed by atoms with van der Waals surface area (Å²) in [6.07, 6.45) is 8.91. The van der Waals surface area contributed by atoms with Crippen LogP contribution in [0.1, 0.15) is 138 Å². The first-order valence-corrected chi connectivity index (χ1v) is 35.2. The topological polar surface area (TPSA) is 109 Å². The third-order valence-electron chi connectivity index (χ3n) is 17.7. The average Bonchev–Trinajstić information content (AvgIpc) is 3.34. The molecule has 454 valence electrons. The van der Waals surface area contributed by atoms with Crippen LogP contribution >= 0.6 is 0 Å². The fourth-order valence-corrected chi connectivity index (χ4v) is 18.1. The monoisotopic (exact) mass is 1170 g/mol. The van der Waals surface area contributed by atoms with Crippen LogP contribution in [-0.4, -0.2) is 105 Å². The largest absolute Gasteiger partial charge is 0.497 e. The number of hydrogen-bond donors (Lipinski definition) is 0. The van der Waals surface area contributed by atoms with Crippen molar-refractivity contribution < 1.29 is 51.5 Å². The summed E-state index contributed by atoms with van der Waals surface area (Å²) in [5, 5.41) is 2.33. The third-order valence-corrected chi connectivity index (χ3v) is 27.3. The molecule has 11 nitrogen and oxygen atoms in total. The second-order valence-corrected chi connectivity index (χ2v) is 35.7. The molecule has 0 aliphatic carbocycles. The number of rotatable bonds is 28. The minimum absolute atomic E-state index is 0.0312. The minimum atomic E-state index is -2.77. The number of benzene rings is 4. The summed E-state index contributed by atoms with van der Waals surface area (Å²) in [6.45, 7) is 34.9. The number of ketones is 1. The number of methoxy groups -OCH3 is 2. The summed E-state index contributed by atoms with van der Waals surface area (Å²) in [6, 6.07) is 39.8. The van der Waals surface area contributed by atoms with Crippen LogP contribution in [0.4, 0.5) is 0 Å². The molecule has 3 saturated heterocycles. The summed E-state index contributed by atoms with van der Waals surface area (Å²) in [7, 11) is -1.77. The van der Waals surface area contributed by atoms with E-state index in [1.54, 1.807) is 14.2 Å². The van der Waals surface area contributed by atoms with Gasteiger partial charge in [0.2, 0.25) is 5.79 Å². The Hall–Kier alpha value is -4.36. The molecule has 7 rings (SSSR count). The third kappa shape index (κ3) is 17.4. The van der Waals surface area contributed by atoms with Crippen molar-refractivity contribution in [3.05, 3.63) is 163 Å². The fourth-order valence-electron chi connectivity index (χ4n) is 12.1. The Labute approximate surface area is 501 Å². The Morgan fingerprint density at radius 2 is 1.27 bits per heavy atom. The van der Waals surface area contributed by atoms with Crippen molar-refractivity contribution in [3.63, 3.8) is 0 Å². The number of carbonyl (C=O) groups is 1. The Balaban J connectivity index is 1.01. The van der Waals surface area contributed by atoms with E-state index >= 15 is 0 Å². The molecule has 4 aromatic carbocycles. The second-order valence-electron chi connectivity index (χ2n) is 26.6. The molecule has 0 N–H and O–H groups in total. The average molecular weight is 1170 g/mol. The standard InChI is InChI=1S/C70H100O11Si2/c1-51-41-58(37-39-69(10,11)70(73-13)66(71)36-35-59(80-70)47-65(81-82(14,15)67(4,5)6)53(3)76-50-74-48-54-25-19-16-20-26-54)78-61(42-51)46-62-44-52(2)43-60(79-62)45-57(75-49-55-31-33-56(72-12)34-32-55)38-40-77-83(68(7,8)9,63-27-21-17-22-28-63)64-29-23-18-24-30-64/h16-34,37,39,53,57-62,65H,1-2,35-36,38,40-50H2,3-15H3/b39-37+/t53-,57+,58+,59+,60+,61+,62-,65-,70-/m1/s1. The van der Waals surface area contributed by atoms with Crippen molar-refractivity contribution in [1.82, 2.24) is 0 Å². The van der Waals surface area contributed by atoms with Crippen molar-refractivity contribution >= 4 is 32.8 Å². The molecule has 3 heterocycles. The van der Waals surface area contributed by atoms with Gasteiger partial charge in [-0.05, 0) is 102 Å². The van der Waals surface area contributed by atoms with Gasteiger partial charge in [0.05, 0.1) is 69.2 Å². The van der Waals surface area contributed by atoms with Gasteiger partial charge >= 0.3 is 0 Å². The van der Waals surface area contributed by atoms with Crippen LogP contribution in [0.3, 0.4) is 0 Å². The molecule has 3 aliphatic heterocycles. The molecule has 0 unspecified atom stereocenters. The SMILES string of the molecule is C=C1C[C@H](C[C@@H]2CC(=C)C[C@H](/C=C/C(C)(C)[C@]3(OC)O[C@H](C[C@@H](O[Si](C)(C)C(C)(C)C)[C@@H](C)OCOCc4ccccc4)CCC3=O)O2)O[C@H](C[C@H](CCO[Si](c2ccccc2)(c2ccccc2)C(C)(C)C)OCc2ccc(OC)cc2)C1. The van der Waals surface area contributed by atoms with Gasteiger partial charge in [-0.2, -0.15) is 0 Å². The van der Waals surface area contributed by atoms with E-state index in [2.05, 4.69) is 153 Å². The number of hydrogen-bond acceptors (Lipinski definition) is 11. The van der Waals surface area contributed by atoms with Crippen LogP contribution in [0.5, 0.6) is 5.75 Å². The lowest BCUT2D eigenvalue weighted by atomic mass is 9.76. The highest BCUT2D eigenvalue weighted by molar-refractivity contribution is 6.99. The van der Waals surface area contributed by atoms with Crippen LogP contribution < -0.4 is 15.1 Å². The first kappa shape index (κ1) is 66.2. The fraction of sp³-hybridized carbons (Fsp3) is 0.557. The maximum absolute atomic E-state index is 14.2. The van der Waals surface area contributed by atoms with Crippen LogP contribution in [0.25, 0.3) is 0 Å². The lowest BCUT2D eigenvalue weighted by Gasteiger charge is -2.48. The molecule has 0 aromatic heterocycles. The van der Waals surface area contributed by atoms with Gasteiger partial charge in [-0.25, -0.2) is 0 Å². The molecule has 0 saturated carbocycles. The maximum Gasteiger partial charge on any atom is 0.261 e. The zero-order valence-corrected chi connectivity index (χ0v) is 54.5. The summed E-state index contributed by atoms with van der Waals surface area (Å²) < 4.78 is 66.3. The quantitative estimate of drug-likeness (QED) is 0.0235. The van der Waals surface area contributed by atoms with Crippen LogP contribution in [0.2, 0.25) is 23.2 Å². The van der Waals surface area contributed by atoms with E-state index in [1.807, 2.05) is 63.2 Å². The van der Waals surface area contributed by atoms with E-state index in [9.17, 15) is 4.79 Å². The van der Waals surface area contributed by atoms with E-state index in [4.69, 9.17) is 46.7 Å². The minimum Gasteiger partial charge on any atom is -0.497 e.